The molecule has 0 aromatic heterocycles. The second-order valence-electron chi connectivity index (χ2n) is 5.25. The van der Waals surface area contributed by atoms with Gasteiger partial charge in [-0.15, -0.1) is 0 Å². The Labute approximate surface area is 113 Å². The van der Waals surface area contributed by atoms with Gasteiger partial charge in [-0.2, -0.15) is 0 Å². The second kappa shape index (κ2) is 6.01. The lowest BCUT2D eigenvalue weighted by atomic mass is 10.1. The summed E-state index contributed by atoms with van der Waals surface area (Å²) in [4.78, 5) is 0. The molecule has 0 aliphatic heterocycles. The molecule has 2 heteroatoms. The van der Waals surface area contributed by atoms with Crippen LogP contribution in [-0.4, -0.2) is 6.04 Å². The molecule has 2 rings (SSSR count). The molecule has 1 saturated carbocycles. The van der Waals surface area contributed by atoms with Crippen LogP contribution in [-0.2, 0) is 6.54 Å². The largest absolute Gasteiger partial charge is 0.310 e. The smallest absolute Gasteiger partial charge is 0.0208 e. The molecule has 0 heterocycles. The van der Waals surface area contributed by atoms with Crippen molar-refractivity contribution in [3.8, 4) is 0 Å². The van der Waals surface area contributed by atoms with E-state index in [0.29, 0.717) is 6.04 Å². The Balaban J connectivity index is 1.84. The first-order valence-electron chi connectivity index (χ1n) is 6.67. The van der Waals surface area contributed by atoms with Crippen molar-refractivity contribution in [2.75, 3.05) is 0 Å². The van der Waals surface area contributed by atoms with Crippen LogP contribution < -0.4 is 5.32 Å². The summed E-state index contributed by atoms with van der Waals surface area (Å²) in [6.07, 6.45) is 5.52. The predicted octanol–water partition coefficient (Wildman–Crippen LogP) is 4.43. The quantitative estimate of drug-likeness (QED) is 0.819. The van der Waals surface area contributed by atoms with E-state index in [9.17, 15) is 0 Å². The number of rotatable bonds is 6. The molecule has 1 atom stereocenters. The van der Waals surface area contributed by atoms with Crippen LogP contribution in [0.25, 0.3) is 0 Å². The number of nitrogens with one attached hydrogen (secondary N) is 1. The molecule has 0 radical (unpaired) electrons. The monoisotopic (exact) mass is 295 g/mol. The van der Waals surface area contributed by atoms with Gasteiger partial charge in [-0.05, 0) is 42.9 Å². The summed E-state index contributed by atoms with van der Waals surface area (Å²) in [6.45, 7) is 5.43. The van der Waals surface area contributed by atoms with Crippen molar-refractivity contribution >= 4 is 15.9 Å². The van der Waals surface area contributed by atoms with Crippen molar-refractivity contribution in [2.45, 2.75) is 52.1 Å². The molecule has 1 aromatic rings. The Bertz CT molecular complexity index is 371. The predicted molar refractivity (Wildman–Crippen MR) is 77.1 cm³/mol. The van der Waals surface area contributed by atoms with Crippen LogP contribution >= 0.6 is 15.9 Å². The maximum absolute atomic E-state index is 3.69. The average Bonchev–Trinajstić information content (AvgIpc) is 3.12. The summed E-state index contributed by atoms with van der Waals surface area (Å²) in [5, 5.41) is 3.69. The van der Waals surface area contributed by atoms with Crippen molar-refractivity contribution in [3.63, 3.8) is 0 Å². The Hall–Kier alpha value is -0.340. The molecule has 94 valence electrons. The molecule has 0 saturated heterocycles. The Morgan fingerprint density at radius 2 is 2.18 bits per heavy atom. The van der Waals surface area contributed by atoms with E-state index in [0.717, 1.165) is 12.5 Å². The summed E-state index contributed by atoms with van der Waals surface area (Å²) < 4.78 is 1.20. The van der Waals surface area contributed by atoms with Gasteiger partial charge in [0.15, 0.2) is 0 Å². The second-order valence-corrected chi connectivity index (χ2v) is 6.10. The first-order valence-corrected chi connectivity index (χ1v) is 7.46. The van der Waals surface area contributed by atoms with Gasteiger partial charge in [-0.3, -0.25) is 0 Å². The van der Waals surface area contributed by atoms with E-state index in [2.05, 4.69) is 53.3 Å². The fraction of sp³-hybridized carbons (Fsp3) is 0.600. The van der Waals surface area contributed by atoms with Crippen LogP contribution in [0.5, 0.6) is 0 Å². The Kier molecular flexibility index (Phi) is 4.63. The molecule has 1 aliphatic rings. The van der Waals surface area contributed by atoms with Gasteiger partial charge in [-0.1, -0.05) is 47.8 Å². The molecule has 0 spiro atoms. The van der Waals surface area contributed by atoms with Crippen molar-refractivity contribution < 1.29 is 0 Å². The average molecular weight is 296 g/mol. The van der Waals surface area contributed by atoms with Gasteiger partial charge >= 0.3 is 0 Å². The van der Waals surface area contributed by atoms with Crippen LogP contribution in [0.15, 0.2) is 22.7 Å². The normalized spacial score (nSPS) is 17.1. The van der Waals surface area contributed by atoms with Crippen molar-refractivity contribution in [2.24, 2.45) is 5.92 Å². The molecule has 0 amide bonds. The van der Waals surface area contributed by atoms with E-state index in [1.807, 2.05) is 0 Å². The minimum absolute atomic E-state index is 0.700. The van der Waals surface area contributed by atoms with Crippen LogP contribution in [0.1, 0.15) is 43.7 Å². The van der Waals surface area contributed by atoms with Crippen molar-refractivity contribution in [1.29, 1.82) is 0 Å². The standard InChI is InChI=1S/C15H22BrN/c1-3-14(9-12-4-5-12)17-10-13-6-7-15(16)11(2)8-13/h6-8,12,14,17H,3-5,9-10H2,1-2H3. The molecule has 1 N–H and O–H groups in total. The molecular weight excluding hydrogens is 274 g/mol. The van der Waals surface area contributed by atoms with Gasteiger partial charge in [0.1, 0.15) is 0 Å². The zero-order chi connectivity index (χ0) is 12.3. The molecule has 1 unspecified atom stereocenters. The third kappa shape index (κ3) is 4.11. The van der Waals surface area contributed by atoms with Crippen LogP contribution in [0.4, 0.5) is 0 Å². The number of halogens is 1. The van der Waals surface area contributed by atoms with Gasteiger partial charge in [0.25, 0.3) is 0 Å². The van der Waals surface area contributed by atoms with E-state index in [-0.39, 0.29) is 0 Å². The number of benzene rings is 1. The zero-order valence-corrected chi connectivity index (χ0v) is 12.4. The van der Waals surface area contributed by atoms with Gasteiger partial charge < -0.3 is 5.32 Å². The molecule has 1 fully saturated rings. The number of aryl methyl sites for hydroxylation is 1. The molecule has 1 aliphatic carbocycles. The number of hydrogen-bond acceptors (Lipinski definition) is 1. The SMILES string of the molecule is CCC(CC1CC1)NCc1ccc(Br)c(C)c1. The highest BCUT2D eigenvalue weighted by Crippen LogP contribution is 2.34. The van der Waals surface area contributed by atoms with Crippen molar-refractivity contribution in [3.05, 3.63) is 33.8 Å². The van der Waals surface area contributed by atoms with Crippen molar-refractivity contribution in [1.82, 2.24) is 5.32 Å². The summed E-state index contributed by atoms with van der Waals surface area (Å²) in [7, 11) is 0. The molecule has 1 aromatic carbocycles. The first kappa shape index (κ1) is 13.1. The first-order chi connectivity index (χ1) is 8.19. The Morgan fingerprint density at radius 3 is 2.76 bits per heavy atom. The highest BCUT2D eigenvalue weighted by Gasteiger charge is 2.24. The summed E-state index contributed by atoms with van der Waals surface area (Å²) in [5.41, 5.74) is 2.71. The highest BCUT2D eigenvalue weighted by atomic mass is 79.9. The highest BCUT2D eigenvalue weighted by molar-refractivity contribution is 9.10. The maximum Gasteiger partial charge on any atom is 0.0208 e. The fourth-order valence-corrected chi connectivity index (χ4v) is 2.48. The minimum atomic E-state index is 0.700. The maximum atomic E-state index is 3.69. The van der Waals surface area contributed by atoms with Crippen LogP contribution in [0.3, 0.4) is 0 Å². The lowest BCUT2D eigenvalue weighted by molar-refractivity contribution is 0.445. The van der Waals surface area contributed by atoms with E-state index in [4.69, 9.17) is 0 Å². The molecule has 1 nitrogen and oxygen atoms in total. The van der Waals surface area contributed by atoms with Gasteiger partial charge in [0, 0.05) is 17.1 Å². The third-order valence-corrected chi connectivity index (χ3v) is 4.51. The third-order valence-electron chi connectivity index (χ3n) is 3.62. The van der Waals surface area contributed by atoms with Gasteiger partial charge in [0.05, 0.1) is 0 Å². The summed E-state index contributed by atoms with van der Waals surface area (Å²) in [5.74, 6) is 1.01. The van der Waals surface area contributed by atoms with Gasteiger partial charge in [0.2, 0.25) is 0 Å². The molecular formula is C15H22BrN. The zero-order valence-electron chi connectivity index (χ0n) is 10.8. The molecule has 17 heavy (non-hydrogen) atoms. The van der Waals surface area contributed by atoms with E-state index >= 15 is 0 Å². The summed E-state index contributed by atoms with van der Waals surface area (Å²) in [6, 6.07) is 7.31. The van der Waals surface area contributed by atoms with Gasteiger partial charge in [-0.25, -0.2) is 0 Å². The van der Waals surface area contributed by atoms with Crippen LogP contribution in [0, 0.1) is 12.8 Å². The number of hydrogen-bond donors (Lipinski definition) is 1. The van der Waals surface area contributed by atoms with E-state index in [1.165, 1.54) is 41.3 Å². The lowest BCUT2D eigenvalue weighted by Gasteiger charge is -2.17. The van der Waals surface area contributed by atoms with E-state index < -0.39 is 0 Å². The lowest BCUT2D eigenvalue weighted by Crippen LogP contribution is -2.28. The Morgan fingerprint density at radius 1 is 1.41 bits per heavy atom. The minimum Gasteiger partial charge on any atom is -0.310 e. The topological polar surface area (TPSA) is 12.0 Å². The molecule has 0 bridgehead atoms. The summed E-state index contributed by atoms with van der Waals surface area (Å²) >= 11 is 3.54. The van der Waals surface area contributed by atoms with Crippen LogP contribution in [0.2, 0.25) is 0 Å². The van der Waals surface area contributed by atoms with E-state index in [1.54, 1.807) is 0 Å². The fourth-order valence-electron chi connectivity index (χ4n) is 2.23.